The van der Waals surface area contributed by atoms with Crippen LogP contribution in [0.5, 0.6) is 5.75 Å². The number of rotatable bonds is 6. The van der Waals surface area contributed by atoms with Crippen molar-refractivity contribution >= 4 is 33.5 Å². The number of halogens is 2. The van der Waals surface area contributed by atoms with Crippen LogP contribution in [0, 0.1) is 0 Å². The number of ether oxygens (including phenoxy) is 1. The maximum Gasteiger partial charge on any atom is 0.387 e. The fraction of sp³-hybridized carbons (Fsp3) is 0.111. The van der Waals surface area contributed by atoms with Crippen molar-refractivity contribution in [1.82, 2.24) is 10.3 Å². The largest absolute Gasteiger partial charge is 0.434 e. The standard InChI is InChI=1S/C18H14F2N2O2S/c19-18(20)24-14-7-3-1-5-12(14)9-10-16(23)21-11-17-22-13-6-2-4-8-15(13)25-17/h1-10,18H,11H2,(H,21,23)/b10-9+. The molecule has 7 heteroatoms. The normalized spacial score (nSPS) is 11.3. The second-order valence-electron chi connectivity index (χ2n) is 5.04. The van der Waals surface area contributed by atoms with Gasteiger partial charge in [-0.2, -0.15) is 8.78 Å². The van der Waals surface area contributed by atoms with Crippen molar-refractivity contribution in [3.05, 3.63) is 65.2 Å². The minimum absolute atomic E-state index is 0.0210. The van der Waals surface area contributed by atoms with Crippen LogP contribution in [0.3, 0.4) is 0 Å². The summed E-state index contributed by atoms with van der Waals surface area (Å²) >= 11 is 1.51. The molecular formula is C18H14F2N2O2S. The minimum Gasteiger partial charge on any atom is -0.434 e. The van der Waals surface area contributed by atoms with Gasteiger partial charge in [-0.25, -0.2) is 4.98 Å². The molecule has 1 N–H and O–H groups in total. The average molecular weight is 360 g/mol. The second-order valence-corrected chi connectivity index (χ2v) is 6.16. The van der Waals surface area contributed by atoms with Crippen LogP contribution in [0.2, 0.25) is 0 Å². The zero-order valence-corrected chi connectivity index (χ0v) is 13.8. The van der Waals surface area contributed by atoms with E-state index < -0.39 is 6.61 Å². The number of para-hydroxylation sites is 2. The molecule has 0 fully saturated rings. The number of aromatic nitrogens is 1. The molecule has 1 heterocycles. The molecule has 0 radical (unpaired) electrons. The van der Waals surface area contributed by atoms with E-state index in [2.05, 4.69) is 15.0 Å². The van der Waals surface area contributed by atoms with Crippen LogP contribution in [0.15, 0.2) is 54.6 Å². The number of thiazole rings is 1. The van der Waals surface area contributed by atoms with Gasteiger partial charge < -0.3 is 10.1 Å². The number of hydrogen-bond donors (Lipinski definition) is 1. The Morgan fingerprint density at radius 2 is 1.96 bits per heavy atom. The minimum atomic E-state index is -2.91. The number of alkyl halides is 2. The summed E-state index contributed by atoms with van der Waals surface area (Å²) in [6, 6.07) is 14.0. The molecule has 4 nitrogen and oxygen atoms in total. The molecule has 0 spiro atoms. The van der Waals surface area contributed by atoms with Crippen molar-refractivity contribution in [1.29, 1.82) is 0 Å². The van der Waals surface area contributed by atoms with Gasteiger partial charge in [0.05, 0.1) is 16.8 Å². The molecule has 0 atom stereocenters. The van der Waals surface area contributed by atoms with Crippen LogP contribution in [0.25, 0.3) is 16.3 Å². The first-order valence-corrected chi connectivity index (χ1v) is 8.27. The second kappa shape index (κ2) is 7.85. The molecule has 0 bridgehead atoms. The lowest BCUT2D eigenvalue weighted by Crippen LogP contribution is -2.20. The van der Waals surface area contributed by atoms with Crippen molar-refractivity contribution in [3.8, 4) is 5.75 Å². The highest BCUT2D eigenvalue weighted by molar-refractivity contribution is 7.18. The van der Waals surface area contributed by atoms with E-state index in [4.69, 9.17) is 0 Å². The molecule has 0 aliphatic carbocycles. The van der Waals surface area contributed by atoms with Crippen molar-refractivity contribution in [2.24, 2.45) is 0 Å². The van der Waals surface area contributed by atoms with E-state index in [9.17, 15) is 13.6 Å². The van der Waals surface area contributed by atoms with Crippen LogP contribution >= 0.6 is 11.3 Å². The first kappa shape index (κ1) is 17.0. The molecule has 1 aromatic heterocycles. The molecule has 3 rings (SSSR count). The molecule has 2 aromatic carbocycles. The quantitative estimate of drug-likeness (QED) is 0.670. The third-order valence-corrected chi connectivity index (χ3v) is 4.34. The SMILES string of the molecule is O=C(/C=C/c1ccccc1OC(F)F)NCc1nc2ccccc2s1. The molecule has 25 heavy (non-hydrogen) atoms. The number of carbonyl (C=O) groups excluding carboxylic acids is 1. The van der Waals surface area contributed by atoms with Gasteiger partial charge >= 0.3 is 6.61 Å². The molecule has 0 saturated carbocycles. The number of carbonyl (C=O) groups is 1. The van der Waals surface area contributed by atoms with E-state index >= 15 is 0 Å². The Balaban J connectivity index is 1.61. The molecule has 128 valence electrons. The maximum absolute atomic E-state index is 12.4. The van der Waals surface area contributed by atoms with Crippen molar-refractivity contribution < 1.29 is 18.3 Å². The highest BCUT2D eigenvalue weighted by Crippen LogP contribution is 2.22. The number of hydrogen-bond acceptors (Lipinski definition) is 4. The fourth-order valence-electron chi connectivity index (χ4n) is 2.20. The Hall–Kier alpha value is -2.80. The van der Waals surface area contributed by atoms with E-state index in [1.807, 2.05) is 24.3 Å². The van der Waals surface area contributed by atoms with Crippen LogP contribution in [-0.2, 0) is 11.3 Å². The lowest BCUT2D eigenvalue weighted by atomic mass is 10.2. The monoisotopic (exact) mass is 360 g/mol. The number of benzene rings is 2. The van der Waals surface area contributed by atoms with Crippen LogP contribution in [0.4, 0.5) is 8.78 Å². The molecule has 0 aliphatic heterocycles. The summed E-state index contributed by atoms with van der Waals surface area (Å²) in [4.78, 5) is 16.4. The number of amides is 1. The molecule has 0 unspecified atom stereocenters. The smallest absolute Gasteiger partial charge is 0.387 e. The lowest BCUT2D eigenvalue weighted by Gasteiger charge is -2.07. The summed E-state index contributed by atoms with van der Waals surface area (Å²) in [6.07, 6.45) is 2.71. The summed E-state index contributed by atoms with van der Waals surface area (Å²) in [5.41, 5.74) is 1.29. The van der Waals surface area contributed by atoms with E-state index in [0.717, 1.165) is 15.2 Å². The van der Waals surface area contributed by atoms with E-state index in [1.54, 1.807) is 18.2 Å². The summed E-state index contributed by atoms with van der Waals surface area (Å²) < 4.78 is 30.2. The first-order chi connectivity index (χ1) is 12.1. The Morgan fingerprint density at radius 1 is 1.20 bits per heavy atom. The van der Waals surface area contributed by atoms with Crippen molar-refractivity contribution in [2.45, 2.75) is 13.2 Å². The predicted molar refractivity (Wildman–Crippen MR) is 93.6 cm³/mol. The Morgan fingerprint density at radius 3 is 2.76 bits per heavy atom. The molecule has 0 saturated heterocycles. The van der Waals surface area contributed by atoms with Crippen molar-refractivity contribution in [3.63, 3.8) is 0 Å². The first-order valence-electron chi connectivity index (χ1n) is 7.46. The van der Waals surface area contributed by atoms with Gasteiger partial charge in [0.1, 0.15) is 10.8 Å². The summed E-state index contributed by atoms with van der Waals surface area (Å²) in [5, 5.41) is 3.52. The predicted octanol–water partition coefficient (Wildman–Crippen LogP) is 4.23. The summed E-state index contributed by atoms with van der Waals surface area (Å²) in [6.45, 7) is -2.61. The van der Waals surface area contributed by atoms with Gasteiger partial charge in [0.2, 0.25) is 5.91 Å². The van der Waals surface area contributed by atoms with Gasteiger partial charge in [-0.1, -0.05) is 30.3 Å². The van der Waals surface area contributed by atoms with Gasteiger partial charge in [-0.15, -0.1) is 11.3 Å². The summed E-state index contributed by atoms with van der Waals surface area (Å²) in [5.74, 6) is -0.321. The molecular weight excluding hydrogens is 346 g/mol. The Bertz CT molecular complexity index is 876. The number of nitrogens with one attached hydrogen (secondary N) is 1. The van der Waals surface area contributed by atoms with Gasteiger partial charge in [-0.3, -0.25) is 4.79 Å². The maximum atomic E-state index is 12.4. The molecule has 3 aromatic rings. The van der Waals surface area contributed by atoms with E-state index in [1.165, 1.54) is 29.6 Å². The van der Waals surface area contributed by atoms with E-state index in [-0.39, 0.29) is 11.7 Å². The fourth-order valence-corrected chi connectivity index (χ4v) is 3.11. The summed E-state index contributed by atoms with van der Waals surface area (Å²) in [7, 11) is 0. The zero-order valence-electron chi connectivity index (χ0n) is 13.0. The number of fused-ring (bicyclic) bond motifs is 1. The van der Waals surface area contributed by atoms with Gasteiger partial charge in [-0.05, 0) is 24.3 Å². The van der Waals surface area contributed by atoms with E-state index in [0.29, 0.717) is 12.1 Å². The van der Waals surface area contributed by atoms with Crippen LogP contribution in [0.1, 0.15) is 10.6 Å². The Kier molecular flexibility index (Phi) is 5.35. The van der Waals surface area contributed by atoms with Crippen LogP contribution < -0.4 is 10.1 Å². The average Bonchev–Trinajstić information content (AvgIpc) is 3.01. The highest BCUT2D eigenvalue weighted by Gasteiger charge is 2.08. The van der Waals surface area contributed by atoms with Crippen molar-refractivity contribution in [2.75, 3.05) is 0 Å². The Labute approximate surface area is 146 Å². The third-order valence-electron chi connectivity index (χ3n) is 3.30. The molecule has 0 aliphatic rings. The third kappa shape index (κ3) is 4.60. The zero-order chi connectivity index (χ0) is 17.6. The lowest BCUT2D eigenvalue weighted by molar-refractivity contribution is -0.116. The van der Waals surface area contributed by atoms with Gasteiger partial charge in [0.25, 0.3) is 0 Å². The topological polar surface area (TPSA) is 51.2 Å². The molecule has 1 amide bonds. The van der Waals surface area contributed by atoms with Gasteiger partial charge in [0.15, 0.2) is 0 Å². The number of nitrogens with zero attached hydrogens (tertiary/aromatic N) is 1. The van der Waals surface area contributed by atoms with Crippen LogP contribution in [-0.4, -0.2) is 17.5 Å². The highest BCUT2D eigenvalue weighted by atomic mass is 32.1. The van der Waals surface area contributed by atoms with Gasteiger partial charge in [0, 0.05) is 11.6 Å².